The van der Waals surface area contributed by atoms with Crippen LogP contribution in [0, 0.1) is 47.3 Å². The Morgan fingerprint density at radius 2 is 1.10 bits per heavy atom. The van der Waals surface area contributed by atoms with Gasteiger partial charge in [-0.25, -0.2) is 29.2 Å². The molecule has 4 fully saturated rings. The molecule has 14 heteroatoms. The molecule has 2 N–H and O–H groups in total. The van der Waals surface area contributed by atoms with Gasteiger partial charge in [-0.15, -0.1) is 0 Å². The van der Waals surface area contributed by atoms with Gasteiger partial charge >= 0.3 is 24.1 Å². The highest BCUT2D eigenvalue weighted by molar-refractivity contribution is 5.83. The Labute approximate surface area is 375 Å². The first-order valence-electron chi connectivity index (χ1n) is 24.3. The lowest BCUT2D eigenvalue weighted by molar-refractivity contribution is -0.163. The Morgan fingerprint density at radius 1 is 0.635 bits per heavy atom. The number of allylic oxidation sites excluding steroid dienone is 2. The van der Waals surface area contributed by atoms with E-state index >= 15 is 0 Å². The fourth-order valence-electron chi connectivity index (χ4n) is 11.3. The number of nitrogens with zero attached hydrogens (tertiary/aromatic N) is 2. The zero-order valence-electron chi connectivity index (χ0n) is 38.7. The lowest BCUT2D eigenvalue weighted by Gasteiger charge is -2.40. The van der Waals surface area contributed by atoms with E-state index in [0.717, 1.165) is 89.9 Å². The number of hydrogen-bond acceptors (Lipinski definition) is 12. The number of amides is 2. The molecule has 0 aromatic rings. The largest absolute Gasteiger partial charge is 0.462 e. The van der Waals surface area contributed by atoms with Crippen molar-refractivity contribution >= 4 is 36.3 Å². The third kappa shape index (κ3) is 16.2. The second-order valence-electron chi connectivity index (χ2n) is 20.4. The van der Waals surface area contributed by atoms with Crippen molar-refractivity contribution in [1.29, 1.82) is 0 Å². The average Bonchev–Trinajstić information content (AvgIpc) is 3.26. The van der Waals surface area contributed by atoms with Crippen LogP contribution in [0.15, 0.2) is 22.1 Å². The SMILES string of the molecule is CC(COC(=O)C1CC=CCC1C(=O)OCC(C)OC(=O)NC(C)(C)C1CCC(CC2CCC(N=C=O)CC2)CC1)OC(=O)NC1CCC(CC2CCC(C(C)N=C=O)CC2)CC1. The molecule has 0 spiro atoms. The van der Waals surface area contributed by atoms with Crippen molar-refractivity contribution < 1.29 is 47.7 Å². The molecule has 0 heterocycles. The lowest BCUT2D eigenvalue weighted by Crippen LogP contribution is -2.51. The molecule has 0 aromatic heterocycles. The molecule has 5 rings (SSSR count). The molecule has 5 unspecified atom stereocenters. The number of nitrogens with one attached hydrogen (secondary N) is 2. The summed E-state index contributed by atoms with van der Waals surface area (Å²) in [7, 11) is 0. The zero-order chi connectivity index (χ0) is 45.4. The van der Waals surface area contributed by atoms with Crippen molar-refractivity contribution in [2.45, 2.75) is 199 Å². The Bertz CT molecular complexity index is 1610. The molecule has 5 aliphatic rings. The van der Waals surface area contributed by atoms with Crippen molar-refractivity contribution in [3.05, 3.63) is 12.2 Å². The second-order valence-corrected chi connectivity index (χ2v) is 20.4. The third-order valence-electron chi connectivity index (χ3n) is 15.3. The van der Waals surface area contributed by atoms with Crippen LogP contribution in [0.3, 0.4) is 0 Å². The van der Waals surface area contributed by atoms with Gasteiger partial charge in [0.25, 0.3) is 0 Å². The van der Waals surface area contributed by atoms with Crippen LogP contribution >= 0.6 is 0 Å². The van der Waals surface area contributed by atoms with Crippen molar-refractivity contribution in [2.75, 3.05) is 13.2 Å². The van der Waals surface area contributed by atoms with Crippen molar-refractivity contribution in [2.24, 2.45) is 57.3 Å². The van der Waals surface area contributed by atoms with E-state index in [1.165, 1.54) is 25.7 Å². The number of aliphatic imine (C=N–C) groups is 2. The first-order valence-corrected chi connectivity index (χ1v) is 24.3. The van der Waals surface area contributed by atoms with Gasteiger partial charge in [0.1, 0.15) is 25.4 Å². The Hall–Kier alpha value is -4.02. The summed E-state index contributed by atoms with van der Waals surface area (Å²) < 4.78 is 22.3. The molecule has 0 radical (unpaired) electrons. The summed E-state index contributed by atoms with van der Waals surface area (Å²) in [4.78, 5) is 81.3. The normalized spacial score (nSPS) is 31.3. The number of isocyanates is 2. The maximum atomic E-state index is 13.2. The summed E-state index contributed by atoms with van der Waals surface area (Å²) in [6, 6.07) is 0.254. The van der Waals surface area contributed by atoms with Crippen LogP contribution in [-0.2, 0) is 38.1 Å². The number of ether oxygens (including phenoxy) is 4. The van der Waals surface area contributed by atoms with E-state index in [2.05, 4.69) is 20.6 Å². The van der Waals surface area contributed by atoms with E-state index in [0.29, 0.717) is 48.3 Å². The maximum absolute atomic E-state index is 13.2. The van der Waals surface area contributed by atoms with E-state index in [9.17, 15) is 28.8 Å². The second kappa shape index (κ2) is 24.9. The minimum absolute atomic E-state index is 0.0475. The standard InChI is InChI=1S/C49H76N4O10/c1-32(62-47(58)52-42-24-16-38(17-25-42)26-35-10-18-39(19-11-35)34(3)50-30-54)28-60-45(56)43-8-6-7-9-44(43)46(57)61-29-33(2)63-48(59)53-49(4,5)40-20-12-36(13-21-40)27-37-14-22-41(23-15-37)51-31-55/h6-7,32-44H,8-29H2,1-5H3,(H,52,58)(H,53,59). The van der Waals surface area contributed by atoms with Gasteiger partial charge in [0.15, 0.2) is 0 Å². The van der Waals surface area contributed by atoms with Gasteiger partial charge in [-0.05, 0) is 173 Å². The molecular weight excluding hydrogens is 805 g/mol. The first kappa shape index (κ1) is 50.0. The van der Waals surface area contributed by atoms with Crippen LogP contribution < -0.4 is 10.6 Å². The van der Waals surface area contributed by atoms with Gasteiger partial charge in [-0.2, -0.15) is 0 Å². The predicted molar refractivity (Wildman–Crippen MR) is 237 cm³/mol. The third-order valence-corrected chi connectivity index (χ3v) is 15.3. The van der Waals surface area contributed by atoms with Gasteiger partial charge in [-0.1, -0.05) is 37.8 Å². The Kier molecular flexibility index (Phi) is 19.7. The van der Waals surface area contributed by atoms with Crippen LogP contribution in [0.4, 0.5) is 9.59 Å². The number of hydrogen-bond donors (Lipinski definition) is 2. The number of carbonyl (C=O) groups is 4. The molecule has 352 valence electrons. The predicted octanol–water partition coefficient (Wildman–Crippen LogP) is 9.23. The van der Waals surface area contributed by atoms with Crippen LogP contribution in [-0.4, -0.2) is 85.4 Å². The van der Waals surface area contributed by atoms with Crippen LogP contribution in [0.2, 0.25) is 0 Å². The smallest absolute Gasteiger partial charge is 0.407 e. The number of alkyl carbamates (subject to hydrolysis) is 2. The summed E-state index contributed by atoms with van der Waals surface area (Å²) in [5.41, 5.74) is -0.465. The van der Waals surface area contributed by atoms with E-state index in [1.807, 2.05) is 32.9 Å². The highest BCUT2D eigenvalue weighted by Gasteiger charge is 2.39. The van der Waals surface area contributed by atoms with Gasteiger partial charge in [-0.3, -0.25) is 9.59 Å². The minimum Gasteiger partial charge on any atom is -0.462 e. The lowest BCUT2D eigenvalue weighted by atomic mass is 9.70. The van der Waals surface area contributed by atoms with Gasteiger partial charge < -0.3 is 29.6 Å². The molecule has 5 atom stereocenters. The van der Waals surface area contributed by atoms with Crippen molar-refractivity contribution in [3.63, 3.8) is 0 Å². The summed E-state index contributed by atoms with van der Waals surface area (Å²) in [5, 5.41) is 6.06. The molecule has 2 amide bonds. The Balaban J connectivity index is 0.934. The van der Waals surface area contributed by atoms with E-state index in [-0.39, 0.29) is 31.3 Å². The highest BCUT2D eigenvalue weighted by atomic mass is 16.6. The molecule has 14 nitrogen and oxygen atoms in total. The summed E-state index contributed by atoms with van der Waals surface area (Å²) >= 11 is 0. The van der Waals surface area contributed by atoms with Crippen LogP contribution in [0.5, 0.6) is 0 Å². The number of esters is 2. The van der Waals surface area contributed by atoms with E-state index in [1.54, 1.807) is 26.0 Å². The topological polar surface area (TPSA) is 188 Å². The molecule has 4 saturated carbocycles. The van der Waals surface area contributed by atoms with Crippen molar-refractivity contribution in [3.8, 4) is 0 Å². The summed E-state index contributed by atoms with van der Waals surface area (Å²) in [6.07, 6.45) is 24.8. The summed E-state index contributed by atoms with van der Waals surface area (Å²) in [5.74, 6) is 0.938. The van der Waals surface area contributed by atoms with Crippen LogP contribution in [0.1, 0.15) is 163 Å². The molecule has 0 saturated heterocycles. The molecule has 0 aromatic carbocycles. The molecule has 0 bridgehead atoms. The molecule has 5 aliphatic carbocycles. The number of rotatable bonds is 18. The first-order chi connectivity index (χ1) is 30.2. The van der Waals surface area contributed by atoms with Gasteiger partial charge in [0, 0.05) is 11.6 Å². The maximum Gasteiger partial charge on any atom is 0.407 e. The van der Waals surface area contributed by atoms with Gasteiger partial charge in [0.2, 0.25) is 12.2 Å². The molecular formula is C49H76N4O10. The van der Waals surface area contributed by atoms with E-state index in [4.69, 9.17) is 18.9 Å². The van der Waals surface area contributed by atoms with Crippen molar-refractivity contribution in [1.82, 2.24) is 10.6 Å². The summed E-state index contributed by atoms with van der Waals surface area (Å²) in [6.45, 7) is 9.14. The average molecular weight is 881 g/mol. The quantitative estimate of drug-likeness (QED) is 0.0442. The molecule has 63 heavy (non-hydrogen) atoms. The zero-order valence-corrected chi connectivity index (χ0v) is 38.7. The molecule has 0 aliphatic heterocycles. The fourth-order valence-corrected chi connectivity index (χ4v) is 11.3. The highest BCUT2D eigenvalue weighted by Crippen LogP contribution is 2.41. The van der Waals surface area contributed by atoms with Gasteiger partial charge in [0.05, 0.1) is 23.9 Å². The minimum atomic E-state index is -0.749. The Morgan fingerprint density at radius 3 is 1.59 bits per heavy atom. The van der Waals surface area contributed by atoms with Crippen LogP contribution in [0.25, 0.3) is 0 Å². The number of carbonyl (C=O) groups excluding carboxylic acids is 6. The fraction of sp³-hybridized carbons (Fsp3) is 0.837. The monoisotopic (exact) mass is 881 g/mol. The van der Waals surface area contributed by atoms with E-state index < -0.39 is 53.7 Å².